The van der Waals surface area contributed by atoms with Crippen molar-refractivity contribution in [1.29, 1.82) is 0 Å². The van der Waals surface area contributed by atoms with Gasteiger partial charge in [-0.1, -0.05) is 20.8 Å². The molecule has 0 radical (unpaired) electrons. The first-order valence-corrected chi connectivity index (χ1v) is 10.4. The van der Waals surface area contributed by atoms with Crippen LogP contribution in [-0.2, 0) is 11.3 Å². The van der Waals surface area contributed by atoms with Crippen molar-refractivity contribution < 1.29 is 19.4 Å². The van der Waals surface area contributed by atoms with E-state index >= 15 is 0 Å². The summed E-state index contributed by atoms with van der Waals surface area (Å²) in [6.07, 6.45) is 1.93. The van der Waals surface area contributed by atoms with Crippen LogP contribution in [0.25, 0.3) is 10.9 Å². The van der Waals surface area contributed by atoms with Gasteiger partial charge in [0.1, 0.15) is 0 Å². The van der Waals surface area contributed by atoms with Gasteiger partial charge in [0.25, 0.3) is 5.91 Å². The molecular weight excluding hydrogens is 384 g/mol. The second-order valence-corrected chi connectivity index (χ2v) is 9.11. The highest BCUT2D eigenvalue weighted by molar-refractivity contribution is 6.00. The second kappa shape index (κ2) is 8.63. The van der Waals surface area contributed by atoms with Crippen molar-refractivity contribution in [1.82, 2.24) is 20.0 Å². The average molecular weight is 417 g/mol. The molecule has 2 atom stereocenters. The van der Waals surface area contributed by atoms with Gasteiger partial charge in [-0.3, -0.25) is 9.48 Å². The predicted molar refractivity (Wildman–Crippen MR) is 115 cm³/mol. The number of rotatable bonds is 6. The Labute approximate surface area is 177 Å². The minimum absolute atomic E-state index is 0.0643. The van der Waals surface area contributed by atoms with Gasteiger partial charge >= 0.3 is 6.09 Å². The predicted octanol–water partition coefficient (Wildman–Crippen LogP) is 3.14. The molecular formula is C22H32N4O4. The van der Waals surface area contributed by atoms with Crippen LogP contribution in [0.4, 0.5) is 4.79 Å². The lowest BCUT2D eigenvalue weighted by molar-refractivity contribution is 0.0869. The number of hydrogen-bond donors (Lipinski definition) is 2. The Balaban J connectivity index is 1.83. The summed E-state index contributed by atoms with van der Waals surface area (Å²) in [5.74, 6) is 0.0624. The highest BCUT2D eigenvalue weighted by Gasteiger charge is 2.44. The maximum atomic E-state index is 12.5. The molecule has 2 unspecified atom stereocenters. The maximum Gasteiger partial charge on any atom is 0.407 e. The summed E-state index contributed by atoms with van der Waals surface area (Å²) < 4.78 is 6.88. The van der Waals surface area contributed by atoms with E-state index in [1.807, 2.05) is 23.9 Å². The van der Waals surface area contributed by atoms with Crippen LogP contribution in [-0.4, -0.2) is 64.6 Å². The Morgan fingerprint density at radius 1 is 1.33 bits per heavy atom. The molecule has 0 saturated carbocycles. The number of methoxy groups -OCH3 is 1. The number of hydrogen-bond acceptors (Lipinski definition) is 4. The maximum absolute atomic E-state index is 12.5. The molecule has 2 amide bonds. The van der Waals surface area contributed by atoms with Gasteiger partial charge < -0.3 is 20.1 Å². The Kier molecular flexibility index (Phi) is 6.36. The van der Waals surface area contributed by atoms with E-state index in [1.165, 1.54) is 0 Å². The number of fused-ring (bicyclic) bond motifs is 1. The molecule has 3 rings (SSSR count). The standard InChI is InChI=1S/C22H32N4O4/c1-14-16(20(27)23-9-11-30-5)6-7-18-17(14)13-25(24-18)12-15-8-10-26(21(28)29)19(15)22(2,3)4/h6-7,13,15,19H,8-12H2,1-5H3,(H,23,27)(H,28,29). The summed E-state index contributed by atoms with van der Waals surface area (Å²) in [4.78, 5) is 25.7. The zero-order valence-corrected chi connectivity index (χ0v) is 18.4. The molecule has 1 fully saturated rings. The molecule has 2 N–H and O–H groups in total. The third kappa shape index (κ3) is 4.43. The first-order chi connectivity index (χ1) is 14.1. The van der Waals surface area contributed by atoms with Crippen molar-refractivity contribution in [2.45, 2.75) is 46.7 Å². The Morgan fingerprint density at radius 2 is 2.07 bits per heavy atom. The largest absolute Gasteiger partial charge is 0.465 e. The number of carbonyl (C=O) groups is 2. The van der Waals surface area contributed by atoms with Crippen molar-refractivity contribution in [3.8, 4) is 0 Å². The fraction of sp³-hybridized carbons (Fsp3) is 0.591. The summed E-state index contributed by atoms with van der Waals surface area (Å²) >= 11 is 0. The molecule has 8 heteroatoms. The van der Waals surface area contributed by atoms with Crippen molar-refractivity contribution in [2.75, 3.05) is 26.8 Å². The lowest BCUT2D eigenvalue weighted by Gasteiger charge is -2.37. The number of aryl methyl sites for hydroxylation is 1. The SMILES string of the molecule is COCCNC(=O)c1ccc2nn(CC3CCN(C(=O)O)C3C(C)(C)C)cc2c1C. The third-order valence-electron chi connectivity index (χ3n) is 5.92. The number of ether oxygens (including phenoxy) is 1. The highest BCUT2D eigenvalue weighted by Crippen LogP contribution is 2.38. The van der Waals surface area contributed by atoms with Crippen molar-refractivity contribution >= 4 is 22.9 Å². The van der Waals surface area contributed by atoms with E-state index in [0.717, 1.165) is 22.9 Å². The molecule has 1 aromatic heterocycles. The lowest BCUT2D eigenvalue weighted by Crippen LogP contribution is -2.46. The van der Waals surface area contributed by atoms with Crippen LogP contribution in [0.2, 0.25) is 0 Å². The normalized spacial score (nSPS) is 19.4. The van der Waals surface area contributed by atoms with E-state index in [9.17, 15) is 14.7 Å². The van der Waals surface area contributed by atoms with E-state index in [-0.39, 0.29) is 23.3 Å². The van der Waals surface area contributed by atoms with Gasteiger partial charge in [0.15, 0.2) is 0 Å². The van der Waals surface area contributed by atoms with Crippen LogP contribution in [0.5, 0.6) is 0 Å². The Hall–Kier alpha value is -2.61. The smallest absolute Gasteiger partial charge is 0.407 e. The van der Waals surface area contributed by atoms with Crippen LogP contribution in [0, 0.1) is 18.3 Å². The average Bonchev–Trinajstić information content (AvgIpc) is 3.26. The van der Waals surface area contributed by atoms with E-state index in [1.54, 1.807) is 18.1 Å². The van der Waals surface area contributed by atoms with Crippen LogP contribution < -0.4 is 5.32 Å². The zero-order valence-electron chi connectivity index (χ0n) is 18.4. The second-order valence-electron chi connectivity index (χ2n) is 9.11. The van der Waals surface area contributed by atoms with Gasteiger partial charge in [0, 0.05) is 55.9 Å². The molecule has 8 nitrogen and oxygen atoms in total. The van der Waals surface area contributed by atoms with E-state index in [2.05, 4.69) is 26.1 Å². The first kappa shape index (κ1) is 22.1. The third-order valence-corrected chi connectivity index (χ3v) is 5.92. The Morgan fingerprint density at radius 3 is 2.70 bits per heavy atom. The number of benzene rings is 1. The summed E-state index contributed by atoms with van der Waals surface area (Å²) in [6.45, 7) is 10.3. The number of nitrogens with one attached hydrogen (secondary N) is 1. The minimum atomic E-state index is -0.858. The van der Waals surface area contributed by atoms with E-state index in [0.29, 0.717) is 31.8 Å². The highest BCUT2D eigenvalue weighted by atomic mass is 16.5. The molecule has 1 aliphatic rings. The quantitative estimate of drug-likeness (QED) is 0.705. The summed E-state index contributed by atoms with van der Waals surface area (Å²) in [5, 5.41) is 18.1. The molecule has 164 valence electrons. The van der Waals surface area contributed by atoms with Gasteiger partial charge in [0.05, 0.1) is 12.1 Å². The van der Waals surface area contributed by atoms with Crippen molar-refractivity contribution in [3.05, 3.63) is 29.5 Å². The summed E-state index contributed by atoms with van der Waals surface area (Å²) in [7, 11) is 1.60. The van der Waals surface area contributed by atoms with Crippen molar-refractivity contribution in [2.24, 2.45) is 11.3 Å². The van der Waals surface area contributed by atoms with Gasteiger partial charge in [-0.25, -0.2) is 4.79 Å². The van der Waals surface area contributed by atoms with Crippen LogP contribution >= 0.6 is 0 Å². The molecule has 0 bridgehead atoms. The molecule has 1 saturated heterocycles. The molecule has 0 spiro atoms. The van der Waals surface area contributed by atoms with Gasteiger partial charge in [0.2, 0.25) is 0 Å². The minimum Gasteiger partial charge on any atom is -0.465 e. The number of carboxylic acid groups (broad SMARTS) is 1. The topological polar surface area (TPSA) is 96.7 Å². The molecule has 2 aromatic rings. The summed E-state index contributed by atoms with van der Waals surface area (Å²) in [6, 6.07) is 3.60. The van der Waals surface area contributed by atoms with Gasteiger partial charge in [-0.15, -0.1) is 0 Å². The fourth-order valence-electron chi connectivity index (χ4n) is 4.66. The first-order valence-electron chi connectivity index (χ1n) is 10.4. The fourth-order valence-corrected chi connectivity index (χ4v) is 4.66. The zero-order chi connectivity index (χ0) is 22.1. The van der Waals surface area contributed by atoms with Crippen LogP contribution in [0.15, 0.2) is 18.3 Å². The number of nitrogens with zero attached hydrogens (tertiary/aromatic N) is 3. The number of likely N-dealkylation sites (tertiary alicyclic amines) is 1. The van der Waals surface area contributed by atoms with Crippen molar-refractivity contribution in [3.63, 3.8) is 0 Å². The molecule has 0 aliphatic carbocycles. The summed E-state index contributed by atoms with van der Waals surface area (Å²) in [5.41, 5.74) is 2.19. The van der Waals surface area contributed by atoms with Gasteiger partial charge in [-0.05, 0) is 36.5 Å². The molecule has 1 aromatic carbocycles. The van der Waals surface area contributed by atoms with Crippen LogP contribution in [0.1, 0.15) is 43.1 Å². The monoisotopic (exact) mass is 416 g/mol. The molecule has 1 aliphatic heterocycles. The number of carbonyl (C=O) groups excluding carboxylic acids is 1. The Bertz CT molecular complexity index is 931. The lowest BCUT2D eigenvalue weighted by atomic mass is 9.79. The number of aromatic nitrogens is 2. The molecule has 2 heterocycles. The van der Waals surface area contributed by atoms with E-state index < -0.39 is 6.09 Å². The van der Waals surface area contributed by atoms with Gasteiger partial charge in [-0.2, -0.15) is 5.10 Å². The van der Waals surface area contributed by atoms with Crippen LogP contribution in [0.3, 0.4) is 0 Å². The molecule has 30 heavy (non-hydrogen) atoms. The number of amides is 2. The van der Waals surface area contributed by atoms with E-state index in [4.69, 9.17) is 9.84 Å².